The Bertz CT molecular complexity index is 311. The zero-order valence-electron chi connectivity index (χ0n) is 11.0. The quantitative estimate of drug-likeness (QED) is 0.848. The maximum Gasteiger partial charge on any atom is 0.129 e. The Morgan fingerprint density at radius 1 is 1.25 bits per heavy atom. The number of hydrogen-bond acceptors (Lipinski definition) is 3. The molecule has 0 saturated heterocycles. The topological polar surface area (TPSA) is 37.8 Å². The summed E-state index contributed by atoms with van der Waals surface area (Å²) in [5.74, 6) is 0.923. The second kappa shape index (κ2) is 5.39. The van der Waals surface area contributed by atoms with Gasteiger partial charge in [-0.2, -0.15) is 0 Å². The molecule has 3 nitrogen and oxygen atoms in total. The van der Waals surface area contributed by atoms with Crippen LogP contribution >= 0.6 is 0 Å². The van der Waals surface area contributed by atoms with Gasteiger partial charge >= 0.3 is 0 Å². The molecule has 0 aromatic carbocycles. The zero-order valence-corrected chi connectivity index (χ0v) is 11.0. The maximum atomic E-state index is 4.36. The van der Waals surface area contributed by atoms with Gasteiger partial charge in [-0.15, -0.1) is 0 Å². The molecule has 0 aliphatic heterocycles. The number of aromatic nitrogens is 2. The fourth-order valence-corrected chi connectivity index (χ4v) is 1.64. The molecule has 0 radical (unpaired) electrons. The fourth-order valence-electron chi connectivity index (χ4n) is 1.64. The standard InChI is InChI=1S/C13H23N3/c1-6-14-11(13(3,4)5)7-12-15-8-10(2)9-16-12/h8-9,11,14H,6-7H2,1-5H3. The van der Waals surface area contributed by atoms with Crippen molar-refractivity contribution < 1.29 is 0 Å². The molecule has 1 N–H and O–H groups in total. The van der Waals surface area contributed by atoms with Gasteiger partial charge < -0.3 is 5.32 Å². The van der Waals surface area contributed by atoms with Crippen LogP contribution in [0.1, 0.15) is 39.1 Å². The Morgan fingerprint density at radius 2 is 1.81 bits per heavy atom. The van der Waals surface area contributed by atoms with Crippen molar-refractivity contribution in [3.8, 4) is 0 Å². The number of rotatable bonds is 4. The molecule has 1 aromatic rings. The second-order valence-electron chi connectivity index (χ2n) is 5.36. The van der Waals surface area contributed by atoms with E-state index in [4.69, 9.17) is 0 Å². The van der Waals surface area contributed by atoms with Gasteiger partial charge in [-0.05, 0) is 24.4 Å². The van der Waals surface area contributed by atoms with Crippen LogP contribution in [-0.4, -0.2) is 22.6 Å². The summed E-state index contributed by atoms with van der Waals surface area (Å²) < 4.78 is 0. The number of nitrogens with zero attached hydrogens (tertiary/aromatic N) is 2. The van der Waals surface area contributed by atoms with Crippen molar-refractivity contribution in [2.24, 2.45) is 5.41 Å². The highest BCUT2D eigenvalue weighted by Gasteiger charge is 2.24. The number of hydrogen-bond donors (Lipinski definition) is 1. The van der Waals surface area contributed by atoms with E-state index in [2.05, 4.69) is 43.0 Å². The van der Waals surface area contributed by atoms with E-state index in [0.29, 0.717) is 6.04 Å². The van der Waals surface area contributed by atoms with Crippen molar-refractivity contribution in [3.63, 3.8) is 0 Å². The lowest BCUT2D eigenvalue weighted by Gasteiger charge is -2.30. The monoisotopic (exact) mass is 221 g/mol. The molecule has 0 saturated carbocycles. The predicted molar refractivity (Wildman–Crippen MR) is 67.4 cm³/mol. The van der Waals surface area contributed by atoms with E-state index in [9.17, 15) is 0 Å². The summed E-state index contributed by atoms with van der Waals surface area (Å²) in [6.45, 7) is 11.9. The van der Waals surface area contributed by atoms with Crippen molar-refractivity contribution in [2.45, 2.75) is 47.1 Å². The van der Waals surface area contributed by atoms with Gasteiger partial charge in [0.1, 0.15) is 5.82 Å². The first-order valence-electron chi connectivity index (χ1n) is 5.94. The Kier molecular flexibility index (Phi) is 4.42. The van der Waals surface area contributed by atoms with Crippen LogP contribution in [-0.2, 0) is 6.42 Å². The van der Waals surface area contributed by atoms with Crippen LogP contribution in [0.25, 0.3) is 0 Å². The molecule has 0 fully saturated rings. The molecule has 1 rings (SSSR count). The SMILES string of the molecule is CCNC(Cc1ncc(C)cn1)C(C)(C)C. The molecule has 1 unspecified atom stereocenters. The molecule has 0 bridgehead atoms. The van der Waals surface area contributed by atoms with Gasteiger partial charge in [0.2, 0.25) is 0 Å². The smallest absolute Gasteiger partial charge is 0.129 e. The molecule has 0 amide bonds. The summed E-state index contributed by atoms with van der Waals surface area (Å²) >= 11 is 0. The van der Waals surface area contributed by atoms with Crippen LogP contribution in [0.15, 0.2) is 12.4 Å². The van der Waals surface area contributed by atoms with Crippen LogP contribution in [0, 0.1) is 12.3 Å². The van der Waals surface area contributed by atoms with Gasteiger partial charge in [0, 0.05) is 24.9 Å². The maximum absolute atomic E-state index is 4.36. The van der Waals surface area contributed by atoms with Crippen molar-refractivity contribution in [3.05, 3.63) is 23.8 Å². The van der Waals surface area contributed by atoms with E-state index >= 15 is 0 Å². The molecule has 1 atom stereocenters. The van der Waals surface area contributed by atoms with Crippen molar-refractivity contribution in [2.75, 3.05) is 6.54 Å². The Morgan fingerprint density at radius 3 is 2.25 bits per heavy atom. The molecule has 1 aromatic heterocycles. The first-order valence-corrected chi connectivity index (χ1v) is 5.94. The summed E-state index contributed by atoms with van der Waals surface area (Å²) in [6, 6.07) is 0.417. The Labute approximate surface area is 98.7 Å². The molecule has 16 heavy (non-hydrogen) atoms. The minimum absolute atomic E-state index is 0.226. The number of likely N-dealkylation sites (N-methyl/N-ethyl adjacent to an activating group) is 1. The van der Waals surface area contributed by atoms with Crippen molar-refractivity contribution in [1.29, 1.82) is 0 Å². The average Bonchev–Trinajstić information content (AvgIpc) is 2.19. The van der Waals surface area contributed by atoms with Crippen LogP contribution in [0.3, 0.4) is 0 Å². The molecule has 0 aliphatic carbocycles. The van der Waals surface area contributed by atoms with E-state index in [1.165, 1.54) is 0 Å². The Balaban J connectivity index is 2.72. The minimum Gasteiger partial charge on any atom is -0.313 e. The average molecular weight is 221 g/mol. The van der Waals surface area contributed by atoms with Crippen LogP contribution in [0.4, 0.5) is 0 Å². The number of aryl methyl sites for hydroxylation is 1. The van der Waals surface area contributed by atoms with Gasteiger partial charge in [0.15, 0.2) is 0 Å². The van der Waals surface area contributed by atoms with E-state index in [0.717, 1.165) is 24.4 Å². The lowest BCUT2D eigenvalue weighted by atomic mass is 9.84. The van der Waals surface area contributed by atoms with E-state index in [-0.39, 0.29) is 5.41 Å². The van der Waals surface area contributed by atoms with Crippen LogP contribution in [0.5, 0.6) is 0 Å². The normalized spacial score (nSPS) is 13.8. The van der Waals surface area contributed by atoms with E-state index in [1.807, 2.05) is 19.3 Å². The third-order valence-electron chi connectivity index (χ3n) is 2.72. The highest BCUT2D eigenvalue weighted by Crippen LogP contribution is 2.21. The van der Waals surface area contributed by atoms with E-state index in [1.54, 1.807) is 0 Å². The first-order chi connectivity index (χ1) is 7.43. The van der Waals surface area contributed by atoms with Gasteiger partial charge in [-0.1, -0.05) is 27.7 Å². The van der Waals surface area contributed by atoms with E-state index < -0.39 is 0 Å². The highest BCUT2D eigenvalue weighted by molar-refractivity contribution is 5.03. The highest BCUT2D eigenvalue weighted by atomic mass is 14.9. The third kappa shape index (κ3) is 3.89. The summed E-state index contributed by atoms with van der Waals surface area (Å²) in [5.41, 5.74) is 1.34. The largest absolute Gasteiger partial charge is 0.313 e. The summed E-state index contributed by atoms with van der Waals surface area (Å²) in [7, 11) is 0. The Hall–Kier alpha value is -0.960. The predicted octanol–water partition coefficient (Wildman–Crippen LogP) is 2.35. The minimum atomic E-state index is 0.226. The lowest BCUT2D eigenvalue weighted by Crippen LogP contribution is -2.42. The van der Waals surface area contributed by atoms with Gasteiger partial charge in [0.25, 0.3) is 0 Å². The van der Waals surface area contributed by atoms with Crippen LogP contribution in [0.2, 0.25) is 0 Å². The van der Waals surface area contributed by atoms with Crippen molar-refractivity contribution >= 4 is 0 Å². The second-order valence-corrected chi connectivity index (χ2v) is 5.36. The molecule has 0 spiro atoms. The lowest BCUT2D eigenvalue weighted by molar-refractivity contribution is 0.267. The van der Waals surface area contributed by atoms with Gasteiger partial charge in [0.05, 0.1) is 0 Å². The molecule has 90 valence electrons. The van der Waals surface area contributed by atoms with Gasteiger partial charge in [-0.25, -0.2) is 9.97 Å². The number of nitrogens with one attached hydrogen (secondary N) is 1. The molecule has 0 aliphatic rings. The van der Waals surface area contributed by atoms with Crippen molar-refractivity contribution in [1.82, 2.24) is 15.3 Å². The zero-order chi connectivity index (χ0) is 12.2. The fraction of sp³-hybridized carbons (Fsp3) is 0.692. The third-order valence-corrected chi connectivity index (χ3v) is 2.72. The first kappa shape index (κ1) is 13.1. The summed E-state index contributed by atoms with van der Waals surface area (Å²) in [6.07, 6.45) is 4.65. The molecular formula is C13H23N3. The molecule has 3 heteroatoms. The van der Waals surface area contributed by atoms with Gasteiger partial charge in [-0.3, -0.25) is 0 Å². The molecular weight excluding hydrogens is 198 g/mol. The summed E-state index contributed by atoms with van der Waals surface area (Å²) in [5, 5.41) is 3.51. The molecule has 1 heterocycles. The van der Waals surface area contributed by atoms with Crippen LogP contribution < -0.4 is 5.32 Å². The summed E-state index contributed by atoms with van der Waals surface area (Å²) in [4.78, 5) is 8.73.